The Morgan fingerprint density at radius 2 is 2.07 bits per heavy atom. The van der Waals surface area contributed by atoms with Gasteiger partial charge < -0.3 is 15.8 Å². The fourth-order valence-corrected chi connectivity index (χ4v) is 3.44. The van der Waals surface area contributed by atoms with Crippen molar-refractivity contribution in [3.8, 4) is 11.4 Å². The molecule has 1 aromatic heterocycles. The number of halogens is 2. The van der Waals surface area contributed by atoms with Crippen molar-refractivity contribution in [2.24, 2.45) is 5.73 Å². The van der Waals surface area contributed by atoms with Crippen molar-refractivity contribution < 1.29 is 18.7 Å². The first-order chi connectivity index (χ1) is 13.9. The Labute approximate surface area is 170 Å². The summed E-state index contributed by atoms with van der Waals surface area (Å²) in [6.07, 6.45) is 1.80. The highest BCUT2D eigenvalue weighted by atomic mass is 35.5. The van der Waals surface area contributed by atoms with Crippen LogP contribution in [0.4, 0.5) is 10.2 Å². The number of nitrogens with two attached hydrogens (primary N) is 1. The van der Waals surface area contributed by atoms with Crippen molar-refractivity contribution in [1.82, 2.24) is 9.55 Å². The number of nitrogens with zero attached hydrogens (tertiary/aromatic N) is 2. The zero-order valence-electron chi connectivity index (χ0n) is 15.1. The lowest BCUT2D eigenvalue weighted by Crippen LogP contribution is -2.25. The molecule has 0 spiro atoms. The molecule has 0 saturated carbocycles. The van der Waals surface area contributed by atoms with Gasteiger partial charge in [-0.3, -0.25) is 14.2 Å². The molecule has 1 aliphatic rings. The van der Waals surface area contributed by atoms with Gasteiger partial charge in [0.15, 0.2) is 6.61 Å². The molecule has 0 radical (unpaired) electrons. The van der Waals surface area contributed by atoms with Crippen LogP contribution in [0, 0.1) is 5.82 Å². The number of carbonyl (C=O) groups excluding carboxylic acids is 2. The lowest BCUT2D eigenvalue weighted by atomic mass is 9.90. The minimum Gasteiger partial charge on any atom is -0.484 e. The molecule has 0 saturated heterocycles. The molecular formula is C20H16ClFN4O3. The van der Waals surface area contributed by atoms with Crippen molar-refractivity contribution in [1.29, 1.82) is 0 Å². The van der Waals surface area contributed by atoms with E-state index in [1.165, 1.54) is 12.1 Å². The molecule has 2 heterocycles. The number of amides is 2. The number of ether oxygens (including phenoxy) is 1. The molecule has 1 unspecified atom stereocenters. The average molecular weight is 415 g/mol. The molecule has 7 nitrogen and oxygen atoms in total. The Kier molecular flexibility index (Phi) is 4.94. The highest BCUT2D eigenvalue weighted by Gasteiger charge is 2.31. The van der Waals surface area contributed by atoms with Gasteiger partial charge in [-0.15, -0.1) is 0 Å². The Balaban J connectivity index is 1.66. The number of nitrogens with one attached hydrogen (secondary N) is 1. The summed E-state index contributed by atoms with van der Waals surface area (Å²) >= 11 is 5.89. The van der Waals surface area contributed by atoms with Gasteiger partial charge in [-0.1, -0.05) is 23.7 Å². The molecule has 3 aromatic rings. The van der Waals surface area contributed by atoms with E-state index in [-0.39, 0.29) is 29.9 Å². The van der Waals surface area contributed by atoms with Gasteiger partial charge in [0, 0.05) is 12.3 Å². The van der Waals surface area contributed by atoms with Gasteiger partial charge in [-0.25, -0.2) is 9.37 Å². The number of fused-ring (bicyclic) bond motifs is 1. The molecule has 2 amide bonds. The predicted molar refractivity (Wildman–Crippen MR) is 105 cm³/mol. The molecule has 2 aromatic carbocycles. The Morgan fingerprint density at radius 1 is 1.31 bits per heavy atom. The molecule has 9 heteroatoms. The summed E-state index contributed by atoms with van der Waals surface area (Å²) in [5, 5.41) is 2.82. The van der Waals surface area contributed by atoms with Gasteiger partial charge in [0.05, 0.1) is 16.4 Å². The number of benzene rings is 2. The Hall–Kier alpha value is -3.39. The molecule has 0 aliphatic carbocycles. The first-order valence-electron chi connectivity index (χ1n) is 8.76. The fourth-order valence-electron chi connectivity index (χ4n) is 3.26. The van der Waals surface area contributed by atoms with Crippen LogP contribution in [0.5, 0.6) is 5.75 Å². The Bertz CT molecular complexity index is 1100. The van der Waals surface area contributed by atoms with E-state index in [4.69, 9.17) is 22.1 Å². The molecule has 29 heavy (non-hydrogen) atoms. The van der Waals surface area contributed by atoms with Crippen LogP contribution in [0.2, 0.25) is 5.02 Å². The summed E-state index contributed by atoms with van der Waals surface area (Å²) in [5.74, 6) is -0.491. The molecular weight excluding hydrogens is 399 g/mol. The largest absolute Gasteiger partial charge is 0.484 e. The smallest absolute Gasteiger partial charge is 0.255 e. The number of hydrogen-bond acceptors (Lipinski definition) is 4. The number of imidazole rings is 1. The summed E-state index contributed by atoms with van der Waals surface area (Å²) in [6, 6.07) is 11.3. The van der Waals surface area contributed by atoms with E-state index in [1.807, 2.05) is 12.1 Å². The molecule has 1 atom stereocenters. The zero-order valence-corrected chi connectivity index (χ0v) is 15.8. The number of rotatable bonds is 5. The maximum Gasteiger partial charge on any atom is 0.255 e. The Morgan fingerprint density at radius 3 is 2.76 bits per heavy atom. The third-order valence-electron chi connectivity index (χ3n) is 4.62. The van der Waals surface area contributed by atoms with E-state index in [9.17, 15) is 14.0 Å². The summed E-state index contributed by atoms with van der Waals surface area (Å²) in [4.78, 5) is 27.7. The van der Waals surface area contributed by atoms with Gasteiger partial charge in [0.2, 0.25) is 5.91 Å². The zero-order chi connectivity index (χ0) is 20.5. The quantitative estimate of drug-likeness (QED) is 0.670. The third kappa shape index (κ3) is 3.79. The molecule has 4 rings (SSSR count). The topological polar surface area (TPSA) is 99.2 Å². The van der Waals surface area contributed by atoms with Gasteiger partial charge in [0.1, 0.15) is 23.7 Å². The van der Waals surface area contributed by atoms with Crippen molar-refractivity contribution >= 4 is 29.2 Å². The predicted octanol–water partition coefficient (Wildman–Crippen LogP) is 3.00. The van der Waals surface area contributed by atoms with Gasteiger partial charge in [0.25, 0.3) is 5.91 Å². The normalized spacial score (nSPS) is 15.5. The first kappa shape index (κ1) is 18.9. The maximum absolute atomic E-state index is 13.5. The van der Waals surface area contributed by atoms with Crippen molar-refractivity contribution in [3.05, 3.63) is 70.9 Å². The van der Waals surface area contributed by atoms with E-state index in [0.29, 0.717) is 22.9 Å². The number of hydrogen-bond donors (Lipinski definition) is 2. The van der Waals surface area contributed by atoms with E-state index in [0.717, 1.165) is 5.56 Å². The summed E-state index contributed by atoms with van der Waals surface area (Å²) in [7, 11) is 0. The maximum atomic E-state index is 13.5. The lowest BCUT2D eigenvalue weighted by Gasteiger charge is -2.23. The second kappa shape index (κ2) is 7.56. The number of aromatic nitrogens is 2. The monoisotopic (exact) mass is 414 g/mol. The number of primary amides is 1. The van der Waals surface area contributed by atoms with Crippen LogP contribution in [0.1, 0.15) is 23.6 Å². The minimum atomic E-state index is -0.561. The van der Waals surface area contributed by atoms with Crippen LogP contribution < -0.4 is 15.8 Å². The molecule has 3 N–H and O–H groups in total. The molecule has 1 aliphatic heterocycles. The molecule has 0 fully saturated rings. The number of anilines is 1. The summed E-state index contributed by atoms with van der Waals surface area (Å²) < 4.78 is 20.4. The fraction of sp³-hybridized carbons (Fsp3) is 0.150. The summed E-state index contributed by atoms with van der Waals surface area (Å²) in [6.45, 7) is -0.208. The second-order valence-electron chi connectivity index (χ2n) is 6.58. The van der Waals surface area contributed by atoms with Crippen molar-refractivity contribution in [2.75, 3.05) is 11.9 Å². The van der Waals surface area contributed by atoms with E-state index < -0.39 is 11.7 Å². The van der Waals surface area contributed by atoms with Crippen LogP contribution >= 0.6 is 11.6 Å². The highest BCUT2D eigenvalue weighted by Crippen LogP contribution is 2.38. The van der Waals surface area contributed by atoms with Crippen LogP contribution in [0.25, 0.3) is 5.69 Å². The van der Waals surface area contributed by atoms with Gasteiger partial charge in [-0.05, 0) is 35.9 Å². The SMILES string of the molecule is NC(=O)COc1ccc(C2CC(=O)Nc3c2ncn3-c2ccc(F)c(Cl)c2)cc1. The van der Waals surface area contributed by atoms with E-state index in [1.54, 1.807) is 29.1 Å². The van der Waals surface area contributed by atoms with E-state index >= 15 is 0 Å². The molecule has 148 valence electrons. The highest BCUT2D eigenvalue weighted by molar-refractivity contribution is 6.30. The van der Waals surface area contributed by atoms with Crippen molar-refractivity contribution in [2.45, 2.75) is 12.3 Å². The van der Waals surface area contributed by atoms with Crippen molar-refractivity contribution in [3.63, 3.8) is 0 Å². The van der Waals surface area contributed by atoms with E-state index in [2.05, 4.69) is 10.3 Å². The lowest BCUT2D eigenvalue weighted by molar-refractivity contribution is -0.120. The first-order valence-corrected chi connectivity index (χ1v) is 9.13. The summed E-state index contributed by atoms with van der Waals surface area (Å²) in [5.41, 5.74) is 7.22. The third-order valence-corrected chi connectivity index (χ3v) is 4.91. The molecule has 0 bridgehead atoms. The second-order valence-corrected chi connectivity index (χ2v) is 6.98. The number of carbonyl (C=O) groups is 2. The van der Waals surface area contributed by atoms with Crippen LogP contribution in [0.15, 0.2) is 48.8 Å². The van der Waals surface area contributed by atoms with Gasteiger partial charge in [-0.2, -0.15) is 0 Å². The van der Waals surface area contributed by atoms with Crippen LogP contribution in [0.3, 0.4) is 0 Å². The van der Waals surface area contributed by atoms with Gasteiger partial charge >= 0.3 is 0 Å². The van der Waals surface area contributed by atoms with Crippen LogP contribution in [-0.4, -0.2) is 28.0 Å². The minimum absolute atomic E-state index is 0.0183. The van der Waals surface area contributed by atoms with Crippen LogP contribution in [-0.2, 0) is 9.59 Å². The average Bonchev–Trinajstić information content (AvgIpc) is 3.12. The standard InChI is InChI=1S/C20H16ClFN4O3/c21-15-7-12(3-6-16(15)22)26-10-24-19-14(8-18(28)25-20(19)26)11-1-4-13(5-2-11)29-9-17(23)27/h1-7,10,14H,8-9H2,(H2,23,27)(H,25,28).